The highest BCUT2D eigenvalue weighted by molar-refractivity contribution is 6.37. The van der Waals surface area contributed by atoms with Gasteiger partial charge < -0.3 is 10.1 Å². The van der Waals surface area contributed by atoms with Crippen molar-refractivity contribution in [3.63, 3.8) is 0 Å². The largest absolute Gasteiger partial charge is 0.486 e. The highest BCUT2D eigenvalue weighted by Gasteiger charge is 2.15. The van der Waals surface area contributed by atoms with Gasteiger partial charge in [-0.2, -0.15) is 5.26 Å². The Morgan fingerprint density at radius 2 is 1.75 bits per heavy atom. The lowest BCUT2D eigenvalue weighted by molar-refractivity contribution is -0.117. The van der Waals surface area contributed by atoms with E-state index in [4.69, 9.17) is 27.9 Å². The molecule has 0 aliphatic carbocycles. The van der Waals surface area contributed by atoms with E-state index in [1.807, 2.05) is 43.3 Å². The van der Waals surface area contributed by atoms with Crippen molar-refractivity contribution in [1.29, 1.82) is 5.26 Å². The first-order chi connectivity index (χ1) is 15.4. The summed E-state index contributed by atoms with van der Waals surface area (Å²) < 4.78 is 18.7. The second-order valence-electron chi connectivity index (χ2n) is 7.00. The fraction of sp³-hybridized carbons (Fsp3) is 0.120. The maximum Gasteiger partial charge on any atom is 0.262 e. The van der Waals surface area contributed by atoms with Gasteiger partial charge in [-0.1, -0.05) is 65.7 Å². The molecule has 0 aliphatic heterocycles. The molecule has 162 valence electrons. The van der Waals surface area contributed by atoms with Crippen LogP contribution in [0, 0.1) is 17.1 Å². The van der Waals surface area contributed by atoms with Crippen LogP contribution in [-0.4, -0.2) is 5.91 Å². The number of amides is 1. The number of ether oxygens (including phenoxy) is 1. The molecular weight excluding hydrogens is 450 g/mol. The van der Waals surface area contributed by atoms with Crippen molar-refractivity contribution in [2.45, 2.75) is 19.6 Å². The molecule has 4 nitrogen and oxygen atoms in total. The Morgan fingerprint density at radius 3 is 2.34 bits per heavy atom. The summed E-state index contributed by atoms with van der Waals surface area (Å²) in [5.74, 6) is -0.584. The number of halogens is 3. The summed E-state index contributed by atoms with van der Waals surface area (Å²) in [4.78, 5) is 12.6. The van der Waals surface area contributed by atoms with Crippen LogP contribution in [0.15, 0.2) is 72.3 Å². The average molecular weight is 469 g/mol. The minimum absolute atomic E-state index is 0.0834. The third kappa shape index (κ3) is 6.10. The normalized spacial score (nSPS) is 12.0. The van der Waals surface area contributed by atoms with Gasteiger partial charge in [0.25, 0.3) is 5.91 Å². The minimum Gasteiger partial charge on any atom is -0.486 e. The number of carbonyl (C=O) groups is 1. The smallest absolute Gasteiger partial charge is 0.262 e. The van der Waals surface area contributed by atoms with Gasteiger partial charge in [0.1, 0.15) is 24.1 Å². The van der Waals surface area contributed by atoms with Crippen molar-refractivity contribution in [3.8, 4) is 11.8 Å². The summed E-state index contributed by atoms with van der Waals surface area (Å²) in [7, 11) is 0. The van der Waals surface area contributed by atoms with E-state index >= 15 is 0 Å². The van der Waals surface area contributed by atoms with E-state index in [1.165, 1.54) is 18.2 Å². The van der Waals surface area contributed by atoms with Gasteiger partial charge in [0.15, 0.2) is 5.75 Å². The Bertz CT molecular complexity index is 1150. The van der Waals surface area contributed by atoms with E-state index in [2.05, 4.69) is 5.32 Å². The summed E-state index contributed by atoms with van der Waals surface area (Å²) in [5, 5.41) is 12.7. The topological polar surface area (TPSA) is 62.1 Å². The van der Waals surface area contributed by atoms with Gasteiger partial charge in [0, 0.05) is 0 Å². The van der Waals surface area contributed by atoms with Crippen LogP contribution >= 0.6 is 23.2 Å². The number of hydrogen-bond acceptors (Lipinski definition) is 3. The van der Waals surface area contributed by atoms with E-state index < -0.39 is 5.91 Å². The molecule has 1 atom stereocenters. The van der Waals surface area contributed by atoms with E-state index in [-0.39, 0.29) is 39.8 Å². The second kappa shape index (κ2) is 10.8. The average Bonchev–Trinajstić information content (AvgIpc) is 2.78. The zero-order chi connectivity index (χ0) is 23.1. The molecule has 0 unspecified atom stereocenters. The number of rotatable bonds is 7. The highest BCUT2D eigenvalue weighted by Crippen LogP contribution is 2.35. The zero-order valence-corrected chi connectivity index (χ0v) is 18.6. The maximum absolute atomic E-state index is 13.0. The molecule has 3 rings (SSSR count). The van der Waals surface area contributed by atoms with Crippen molar-refractivity contribution in [3.05, 3.63) is 105 Å². The SMILES string of the molecule is C[C@H](NC(=O)/C(C#N)=C\c1cc(Cl)c(OCc2ccc(F)cc2)c(Cl)c1)c1ccccc1. The third-order valence-corrected chi connectivity index (χ3v) is 5.20. The molecule has 1 amide bonds. The zero-order valence-electron chi connectivity index (χ0n) is 17.1. The van der Waals surface area contributed by atoms with Gasteiger partial charge in [0.2, 0.25) is 0 Å². The second-order valence-corrected chi connectivity index (χ2v) is 7.82. The van der Waals surface area contributed by atoms with Crippen molar-refractivity contribution >= 4 is 35.2 Å². The lowest BCUT2D eigenvalue weighted by atomic mass is 10.1. The number of hydrogen-bond donors (Lipinski definition) is 1. The molecule has 0 heterocycles. The van der Waals surface area contributed by atoms with Crippen LogP contribution in [0.5, 0.6) is 5.75 Å². The number of nitrogens with zero attached hydrogens (tertiary/aromatic N) is 1. The first kappa shape index (κ1) is 23.3. The predicted molar refractivity (Wildman–Crippen MR) is 124 cm³/mol. The van der Waals surface area contributed by atoms with E-state index in [9.17, 15) is 14.4 Å². The van der Waals surface area contributed by atoms with Gasteiger partial charge in [-0.15, -0.1) is 0 Å². The number of benzene rings is 3. The molecule has 7 heteroatoms. The Morgan fingerprint density at radius 1 is 1.12 bits per heavy atom. The number of carbonyl (C=O) groups excluding carboxylic acids is 1. The van der Waals surface area contributed by atoms with Gasteiger partial charge in [-0.25, -0.2) is 4.39 Å². The van der Waals surface area contributed by atoms with E-state index in [1.54, 1.807) is 24.3 Å². The number of nitriles is 1. The predicted octanol–water partition coefficient (Wildman–Crippen LogP) is 6.50. The molecule has 3 aromatic carbocycles. The quantitative estimate of drug-likeness (QED) is 0.318. The molecule has 0 saturated carbocycles. The monoisotopic (exact) mass is 468 g/mol. The van der Waals surface area contributed by atoms with Crippen LogP contribution in [-0.2, 0) is 11.4 Å². The van der Waals surface area contributed by atoms with Gasteiger partial charge in [-0.3, -0.25) is 4.79 Å². The van der Waals surface area contributed by atoms with Gasteiger partial charge in [-0.05, 0) is 54.0 Å². The maximum atomic E-state index is 13.0. The summed E-state index contributed by atoms with van der Waals surface area (Å²) in [6, 6.07) is 20.1. The molecular formula is C25H19Cl2FN2O2. The van der Waals surface area contributed by atoms with Crippen LogP contribution in [0.1, 0.15) is 29.7 Å². The minimum atomic E-state index is -0.507. The van der Waals surface area contributed by atoms with Crippen LogP contribution < -0.4 is 10.1 Å². The van der Waals surface area contributed by atoms with Crippen LogP contribution in [0.3, 0.4) is 0 Å². The van der Waals surface area contributed by atoms with Crippen LogP contribution in [0.4, 0.5) is 4.39 Å². The van der Waals surface area contributed by atoms with Gasteiger partial charge in [0.05, 0.1) is 16.1 Å². The van der Waals surface area contributed by atoms with Gasteiger partial charge >= 0.3 is 0 Å². The molecule has 0 aromatic heterocycles. The summed E-state index contributed by atoms with van der Waals surface area (Å²) in [6.45, 7) is 1.99. The number of nitrogens with one attached hydrogen (secondary N) is 1. The molecule has 0 fully saturated rings. The Hall–Kier alpha value is -3.33. The Kier molecular flexibility index (Phi) is 7.88. The first-order valence-corrected chi connectivity index (χ1v) is 10.5. The molecule has 3 aromatic rings. The lowest BCUT2D eigenvalue weighted by Crippen LogP contribution is -2.27. The lowest BCUT2D eigenvalue weighted by Gasteiger charge is -2.14. The molecule has 32 heavy (non-hydrogen) atoms. The first-order valence-electron chi connectivity index (χ1n) is 9.71. The molecule has 0 bridgehead atoms. The Labute approximate surface area is 195 Å². The van der Waals surface area contributed by atoms with Crippen molar-refractivity contribution in [2.24, 2.45) is 0 Å². The van der Waals surface area contributed by atoms with E-state index in [0.29, 0.717) is 5.56 Å². The fourth-order valence-electron chi connectivity index (χ4n) is 2.95. The van der Waals surface area contributed by atoms with Crippen LogP contribution in [0.2, 0.25) is 10.0 Å². The fourth-order valence-corrected chi connectivity index (χ4v) is 3.56. The molecule has 1 N–H and O–H groups in total. The molecule has 0 spiro atoms. The molecule has 0 radical (unpaired) electrons. The Balaban J connectivity index is 1.74. The standard InChI is InChI=1S/C25H19Cl2FN2O2/c1-16(19-5-3-2-4-6-19)30-25(31)20(14-29)11-18-12-22(26)24(23(27)13-18)32-15-17-7-9-21(28)10-8-17/h2-13,16H,15H2,1H3,(H,30,31)/b20-11-/t16-/m0/s1. The highest BCUT2D eigenvalue weighted by atomic mass is 35.5. The third-order valence-electron chi connectivity index (χ3n) is 4.64. The molecule has 0 aliphatic rings. The van der Waals surface area contributed by atoms with E-state index in [0.717, 1.165) is 11.1 Å². The van der Waals surface area contributed by atoms with Crippen molar-refractivity contribution in [1.82, 2.24) is 5.32 Å². The van der Waals surface area contributed by atoms with Crippen molar-refractivity contribution in [2.75, 3.05) is 0 Å². The van der Waals surface area contributed by atoms with Crippen LogP contribution in [0.25, 0.3) is 6.08 Å². The summed E-state index contributed by atoms with van der Waals surface area (Å²) in [5.41, 5.74) is 2.07. The summed E-state index contributed by atoms with van der Waals surface area (Å²) in [6.07, 6.45) is 1.41. The summed E-state index contributed by atoms with van der Waals surface area (Å²) >= 11 is 12.6. The molecule has 0 saturated heterocycles. The van der Waals surface area contributed by atoms with Crippen molar-refractivity contribution < 1.29 is 13.9 Å².